The molecule has 2 aromatic carbocycles. The number of halogens is 3. The molecule has 0 aliphatic rings. The van der Waals surface area contributed by atoms with Crippen molar-refractivity contribution in [1.29, 1.82) is 0 Å². The molecule has 2 rings (SSSR count). The van der Waals surface area contributed by atoms with Crippen LogP contribution in [0.2, 0.25) is 10.0 Å². The number of carbonyl (C=O) groups excluding carboxylic acids is 1. The van der Waals surface area contributed by atoms with Crippen LogP contribution < -0.4 is 10.6 Å². The second-order valence-electron chi connectivity index (χ2n) is 4.35. The van der Waals surface area contributed by atoms with Gasteiger partial charge in [-0.25, -0.2) is 4.79 Å². The maximum atomic E-state index is 11.8. The molecule has 0 saturated carbocycles. The Morgan fingerprint density at radius 2 is 1.90 bits per heavy atom. The fourth-order valence-electron chi connectivity index (χ4n) is 1.77. The summed E-state index contributed by atoms with van der Waals surface area (Å²) in [5.41, 5.74) is 1.63. The zero-order chi connectivity index (χ0) is 15.2. The zero-order valence-electron chi connectivity index (χ0n) is 11.0. The summed E-state index contributed by atoms with van der Waals surface area (Å²) >= 11 is 15.3. The van der Waals surface area contributed by atoms with Crippen molar-refractivity contribution >= 4 is 50.9 Å². The van der Waals surface area contributed by atoms with Crippen LogP contribution in [0.15, 0.2) is 46.9 Å². The SMILES string of the molecule is O=C(NCCc1ccccc1Br)Nc1cc(Cl)ccc1Cl. The van der Waals surface area contributed by atoms with E-state index in [1.165, 1.54) is 0 Å². The fourth-order valence-corrected chi connectivity index (χ4v) is 2.59. The molecule has 0 spiro atoms. The molecule has 21 heavy (non-hydrogen) atoms. The van der Waals surface area contributed by atoms with Gasteiger partial charge in [0.25, 0.3) is 0 Å². The Labute approximate surface area is 141 Å². The van der Waals surface area contributed by atoms with Crippen molar-refractivity contribution in [2.24, 2.45) is 0 Å². The standard InChI is InChI=1S/C15H13BrCl2N2O/c16-12-4-2-1-3-10(12)7-8-19-15(21)20-14-9-11(17)5-6-13(14)18/h1-6,9H,7-8H2,(H2,19,20,21). The highest BCUT2D eigenvalue weighted by Crippen LogP contribution is 2.25. The van der Waals surface area contributed by atoms with E-state index in [1.54, 1.807) is 18.2 Å². The fraction of sp³-hybridized carbons (Fsp3) is 0.133. The van der Waals surface area contributed by atoms with Crippen molar-refractivity contribution < 1.29 is 4.79 Å². The van der Waals surface area contributed by atoms with Gasteiger partial charge in [-0.15, -0.1) is 0 Å². The molecule has 0 aliphatic carbocycles. The van der Waals surface area contributed by atoms with Gasteiger partial charge in [0.15, 0.2) is 0 Å². The minimum absolute atomic E-state index is 0.314. The minimum atomic E-state index is -0.314. The van der Waals surface area contributed by atoms with Crippen LogP contribution in [-0.2, 0) is 6.42 Å². The Hall–Kier alpha value is -1.23. The van der Waals surface area contributed by atoms with Gasteiger partial charge in [0.2, 0.25) is 0 Å². The van der Waals surface area contributed by atoms with E-state index in [-0.39, 0.29) is 6.03 Å². The number of benzene rings is 2. The van der Waals surface area contributed by atoms with Gasteiger partial charge in [-0.3, -0.25) is 0 Å². The summed E-state index contributed by atoms with van der Waals surface area (Å²) < 4.78 is 1.03. The molecule has 0 bridgehead atoms. The van der Waals surface area contributed by atoms with Crippen molar-refractivity contribution in [3.63, 3.8) is 0 Å². The smallest absolute Gasteiger partial charge is 0.319 e. The number of anilines is 1. The number of hydrogen-bond acceptors (Lipinski definition) is 1. The van der Waals surface area contributed by atoms with Gasteiger partial charge >= 0.3 is 6.03 Å². The van der Waals surface area contributed by atoms with Crippen LogP contribution in [0.25, 0.3) is 0 Å². The lowest BCUT2D eigenvalue weighted by atomic mass is 10.1. The van der Waals surface area contributed by atoms with Crippen molar-refractivity contribution in [3.8, 4) is 0 Å². The van der Waals surface area contributed by atoms with Gasteiger partial charge in [-0.2, -0.15) is 0 Å². The Bertz CT molecular complexity index is 649. The second-order valence-corrected chi connectivity index (χ2v) is 6.04. The van der Waals surface area contributed by atoms with Crippen molar-refractivity contribution in [3.05, 3.63) is 62.5 Å². The number of amides is 2. The number of hydrogen-bond donors (Lipinski definition) is 2. The minimum Gasteiger partial charge on any atom is -0.338 e. The third-order valence-corrected chi connectivity index (χ3v) is 4.15. The molecule has 0 saturated heterocycles. The van der Waals surface area contributed by atoms with Crippen LogP contribution in [0.4, 0.5) is 10.5 Å². The maximum Gasteiger partial charge on any atom is 0.319 e. The van der Waals surface area contributed by atoms with E-state index in [4.69, 9.17) is 23.2 Å². The molecule has 0 heterocycles. The van der Waals surface area contributed by atoms with Gasteiger partial charge < -0.3 is 10.6 Å². The van der Waals surface area contributed by atoms with Crippen molar-refractivity contribution in [2.75, 3.05) is 11.9 Å². The lowest BCUT2D eigenvalue weighted by Crippen LogP contribution is -2.30. The molecule has 3 nitrogen and oxygen atoms in total. The van der Waals surface area contributed by atoms with Gasteiger partial charge in [-0.1, -0.05) is 57.3 Å². The van der Waals surface area contributed by atoms with Crippen molar-refractivity contribution in [1.82, 2.24) is 5.32 Å². The largest absolute Gasteiger partial charge is 0.338 e. The first kappa shape index (κ1) is 16.1. The van der Waals surface area contributed by atoms with E-state index in [0.29, 0.717) is 22.3 Å². The van der Waals surface area contributed by atoms with Crippen LogP contribution in [-0.4, -0.2) is 12.6 Å². The number of carbonyl (C=O) groups is 1. The average molecular weight is 388 g/mol. The van der Waals surface area contributed by atoms with Crippen LogP contribution in [0.5, 0.6) is 0 Å². The van der Waals surface area contributed by atoms with Crippen LogP contribution >= 0.6 is 39.1 Å². The molecule has 0 atom stereocenters. The summed E-state index contributed by atoms with van der Waals surface area (Å²) in [4.78, 5) is 11.8. The van der Waals surface area contributed by atoms with Crippen LogP contribution in [0.1, 0.15) is 5.56 Å². The summed E-state index contributed by atoms with van der Waals surface area (Å²) in [6.07, 6.45) is 0.734. The Morgan fingerprint density at radius 3 is 2.67 bits per heavy atom. The van der Waals surface area contributed by atoms with Gasteiger partial charge in [0.1, 0.15) is 0 Å². The molecule has 0 aliphatic heterocycles. The first-order valence-corrected chi connectivity index (χ1v) is 7.84. The third kappa shape index (κ3) is 4.92. The molecule has 0 unspecified atom stereocenters. The van der Waals surface area contributed by atoms with Crippen LogP contribution in [0.3, 0.4) is 0 Å². The molecule has 2 N–H and O–H groups in total. The van der Waals surface area contributed by atoms with E-state index >= 15 is 0 Å². The van der Waals surface area contributed by atoms with E-state index in [1.807, 2.05) is 24.3 Å². The summed E-state index contributed by atoms with van der Waals surface area (Å²) in [6, 6.07) is 12.5. The average Bonchev–Trinajstić information content (AvgIpc) is 2.45. The molecule has 2 aromatic rings. The topological polar surface area (TPSA) is 41.1 Å². The molecule has 0 aromatic heterocycles. The highest BCUT2D eigenvalue weighted by atomic mass is 79.9. The van der Waals surface area contributed by atoms with E-state index in [9.17, 15) is 4.79 Å². The Balaban J connectivity index is 1.85. The quantitative estimate of drug-likeness (QED) is 0.750. The lowest BCUT2D eigenvalue weighted by Gasteiger charge is -2.10. The monoisotopic (exact) mass is 386 g/mol. The third-order valence-electron chi connectivity index (χ3n) is 2.81. The summed E-state index contributed by atoms with van der Waals surface area (Å²) in [5.74, 6) is 0. The number of rotatable bonds is 4. The van der Waals surface area contributed by atoms with Gasteiger partial charge in [-0.05, 0) is 36.2 Å². The van der Waals surface area contributed by atoms with E-state index in [2.05, 4.69) is 26.6 Å². The molecule has 6 heteroatoms. The Morgan fingerprint density at radius 1 is 1.14 bits per heavy atom. The van der Waals surface area contributed by atoms with E-state index < -0.39 is 0 Å². The molecule has 0 fully saturated rings. The Kier molecular flexibility index (Phi) is 5.91. The normalized spacial score (nSPS) is 10.2. The van der Waals surface area contributed by atoms with Crippen LogP contribution in [0, 0.1) is 0 Å². The number of urea groups is 1. The predicted molar refractivity (Wildman–Crippen MR) is 91.3 cm³/mol. The van der Waals surface area contributed by atoms with Gasteiger partial charge in [0.05, 0.1) is 10.7 Å². The van der Waals surface area contributed by atoms with E-state index in [0.717, 1.165) is 16.5 Å². The summed E-state index contributed by atoms with van der Waals surface area (Å²) in [7, 11) is 0. The highest BCUT2D eigenvalue weighted by Gasteiger charge is 2.06. The second kappa shape index (κ2) is 7.69. The highest BCUT2D eigenvalue weighted by molar-refractivity contribution is 9.10. The first-order valence-electron chi connectivity index (χ1n) is 6.29. The number of nitrogens with one attached hydrogen (secondary N) is 2. The van der Waals surface area contributed by atoms with Crippen molar-refractivity contribution in [2.45, 2.75) is 6.42 Å². The lowest BCUT2D eigenvalue weighted by molar-refractivity contribution is 0.252. The predicted octanol–water partition coefficient (Wildman–Crippen LogP) is 5.12. The molecule has 0 radical (unpaired) electrons. The summed E-state index contributed by atoms with van der Waals surface area (Å²) in [5, 5.41) is 6.42. The maximum absolute atomic E-state index is 11.8. The van der Waals surface area contributed by atoms with Gasteiger partial charge in [0, 0.05) is 16.0 Å². The molecule has 2 amide bonds. The molecule has 110 valence electrons. The first-order chi connectivity index (χ1) is 10.1. The zero-order valence-corrected chi connectivity index (χ0v) is 14.1. The molecular weight excluding hydrogens is 375 g/mol. The molecular formula is C15H13BrCl2N2O. The summed E-state index contributed by atoms with van der Waals surface area (Å²) in [6.45, 7) is 0.520.